The molecule has 5 fully saturated rings. The van der Waals surface area contributed by atoms with E-state index >= 15 is 0 Å². The minimum atomic E-state index is -1.36. The van der Waals surface area contributed by atoms with Crippen molar-refractivity contribution in [1.29, 1.82) is 0 Å². The molecule has 2 N–H and O–H groups in total. The first-order valence-electron chi connectivity index (χ1n) is 7.70. The lowest BCUT2D eigenvalue weighted by Gasteiger charge is -2.62. The summed E-state index contributed by atoms with van der Waals surface area (Å²) in [5.41, 5.74) is -2.93. The van der Waals surface area contributed by atoms with E-state index in [1.54, 1.807) is 13.8 Å². The molecule has 9 atom stereocenters. The number of epoxide rings is 1. The average Bonchev–Trinajstić information content (AvgIpc) is 3.02. The van der Waals surface area contributed by atoms with Gasteiger partial charge < -0.3 is 19.7 Å². The fourth-order valence-corrected chi connectivity index (χ4v) is 6.05. The maximum atomic E-state index is 12.6. The van der Waals surface area contributed by atoms with E-state index in [9.17, 15) is 19.8 Å². The molecule has 5 rings (SSSR count). The molecule has 0 amide bonds. The van der Waals surface area contributed by atoms with Crippen molar-refractivity contribution in [1.82, 2.24) is 0 Å². The summed E-state index contributed by atoms with van der Waals surface area (Å²) < 4.78 is 11.0. The molecule has 2 aliphatic heterocycles. The molecule has 5 aliphatic rings. The van der Waals surface area contributed by atoms with Crippen LogP contribution in [0.3, 0.4) is 0 Å². The molecule has 4 unspecified atom stereocenters. The third-order valence-corrected chi connectivity index (χ3v) is 7.13. The van der Waals surface area contributed by atoms with E-state index in [1.165, 1.54) is 0 Å². The summed E-state index contributed by atoms with van der Waals surface area (Å²) in [5, 5.41) is 22.1. The zero-order valence-corrected chi connectivity index (χ0v) is 12.4. The number of ether oxygens (including phenoxy) is 2. The molecule has 2 saturated heterocycles. The molecule has 22 heavy (non-hydrogen) atoms. The molecule has 0 aromatic heterocycles. The number of Topliss-reactive ketones (excluding diaryl/α,β-unsaturated/α-hetero) is 1. The van der Waals surface area contributed by atoms with Crippen molar-refractivity contribution < 1.29 is 29.3 Å². The van der Waals surface area contributed by atoms with Crippen molar-refractivity contribution >= 4 is 11.8 Å². The van der Waals surface area contributed by atoms with Gasteiger partial charge in [0.2, 0.25) is 5.60 Å². The number of carbonyl (C=O) groups excluding carboxylic acids is 2. The highest BCUT2D eigenvalue weighted by atomic mass is 16.7. The number of hydrogen-bond donors (Lipinski definition) is 2. The molecule has 0 aromatic rings. The highest BCUT2D eigenvalue weighted by Crippen LogP contribution is 2.77. The Bertz CT molecular complexity index is 672. The number of carbonyl (C=O) groups is 2. The van der Waals surface area contributed by atoms with Crippen LogP contribution >= 0.6 is 0 Å². The van der Waals surface area contributed by atoms with Crippen LogP contribution < -0.4 is 0 Å². The lowest BCUT2D eigenvalue weighted by molar-refractivity contribution is -0.260. The summed E-state index contributed by atoms with van der Waals surface area (Å²) in [4.78, 5) is 24.9. The Hall–Kier alpha value is -1.24. The predicted molar refractivity (Wildman–Crippen MR) is 71.5 cm³/mol. The standard InChI is InChI=1S/C16H18O6/c1-5(2)7-8-9(10(7)17)15(20)4-6-16(22-6)13(19)21-12(11(8)18)14(15,16)3/h6-9,11-12,18,20H,1,4H2,2-3H3/t6-,7?,8?,9-,11?,12-,14-,15?,16+/m1/s1. The maximum Gasteiger partial charge on any atom is 0.342 e. The van der Waals surface area contributed by atoms with Gasteiger partial charge in [-0.1, -0.05) is 12.2 Å². The number of aliphatic hydroxyl groups is 2. The van der Waals surface area contributed by atoms with Crippen molar-refractivity contribution in [2.75, 3.05) is 0 Å². The van der Waals surface area contributed by atoms with Crippen molar-refractivity contribution in [3.63, 3.8) is 0 Å². The van der Waals surface area contributed by atoms with Gasteiger partial charge in [0.15, 0.2) is 0 Å². The first kappa shape index (κ1) is 13.2. The molecule has 1 spiro atoms. The normalized spacial score (nSPS) is 63.5. The summed E-state index contributed by atoms with van der Waals surface area (Å²) in [7, 11) is 0. The Morgan fingerprint density at radius 2 is 2.09 bits per heavy atom. The Balaban J connectivity index is 1.70. The molecule has 3 aliphatic carbocycles. The number of allylic oxidation sites excluding steroid dienone is 1. The van der Waals surface area contributed by atoms with E-state index < -0.39 is 58.7 Å². The van der Waals surface area contributed by atoms with Gasteiger partial charge in [-0.15, -0.1) is 0 Å². The summed E-state index contributed by atoms with van der Waals surface area (Å²) in [6.45, 7) is 7.30. The fraction of sp³-hybridized carbons (Fsp3) is 0.750. The minimum Gasteiger partial charge on any atom is -0.457 e. The van der Waals surface area contributed by atoms with E-state index in [-0.39, 0.29) is 12.2 Å². The molecule has 6 nitrogen and oxygen atoms in total. The highest BCUT2D eigenvalue weighted by molar-refractivity contribution is 5.97. The maximum absolute atomic E-state index is 12.6. The topological polar surface area (TPSA) is 96.4 Å². The summed E-state index contributed by atoms with van der Waals surface area (Å²) in [6, 6.07) is 0. The zero-order valence-electron chi connectivity index (χ0n) is 12.4. The SMILES string of the molecule is C=C(C)C1C(=O)[C@H]2C1C(O)[C@H]1OC(=O)[C@@]34O[C@@H]3CC2(O)[C@@]14C. The van der Waals surface area contributed by atoms with Crippen molar-refractivity contribution in [2.45, 2.75) is 49.8 Å². The number of hydrogen-bond acceptors (Lipinski definition) is 6. The van der Waals surface area contributed by atoms with Crippen LogP contribution in [0.4, 0.5) is 0 Å². The van der Waals surface area contributed by atoms with Crippen LogP contribution in [0, 0.1) is 23.2 Å². The molecule has 0 aromatic carbocycles. The van der Waals surface area contributed by atoms with Crippen LogP contribution in [0.1, 0.15) is 20.3 Å². The lowest BCUT2D eigenvalue weighted by Crippen LogP contribution is -2.76. The van der Waals surface area contributed by atoms with Crippen molar-refractivity contribution in [3.8, 4) is 0 Å². The van der Waals surface area contributed by atoms with Crippen LogP contribution in [0.15, 0.2) is 12.2 Å². The van der Waals surface area contributed by atoms with Gasteiger partial charge >= 0.3 is 5.97 Å². The van der Waals surface area contributed by atoms with Crippen molar-refractivity contribution in [2.24, 2.45) is 23.2 Å². The zero-order chi connectivity index (χ0) is 15.8. The van der Waals surface area contributed by atoms with E-state index in [2.05, 4.69) is 6.58 Å². The number of fused-ring (bicyclic) bond motifs is 2. The number of esters is 1. The van der Waals surface area contributed by atoms with Gasteiger partial charge in [0.05, 0.1) is 23.0 Å². The van der Waals surface area contributed by atoms with Gasteiger partial charge in [-0.3, -0.25) is 4.79 Å². The van der Waals surface area contributed by atoms with Crippen LogP contribution in [-0.4, -0.2) is 51.5 Å². The quantitative estimate of drug-likeness (QED) is 0.388. The van der Waals surface area contributed by atoms with Gasteiger partial charge in [-0.05, 0) is 13.8 Å². The van der Waals surface area contributed by atoms with E-state index in [1.807, 2.05) is 0 Å². The first-order chi connectivity index (χ1) is 10.2. The largest absolute Gasteiger partial charge is 0.457 e. The smallest absolute Gasteiger partial charge is 0.342 e. The summed E-state index contributed by atoms with van der Waals surface area (Å²) >= 11 is 0. The second-order valence-corrected chi connectivity index (χ2v) is 7.77. The molecule has 0 bridgehead atoms. The highest BCUT2D eigenvalue weighted by Gasteiger charge is 2.95. The molecular formula is C16H18O6. The summed E-state index contributed by atoms with van der Waals surface area (Å²) in [6.07, 6.45) is -1.99. The monoisotopic (exact) mass is 306 g/mol. The van der Waals surface area contributed by atoms with Gasteiger partial charge in [-0.2, -0.15) is 0 Å². The van der Waals surface area contributed by atoms with Crippen LogP contribution in [0.25, 0.3) is 0 Å². The number of rotatable bonds is 1. The fourth-order valence-electron chi connectivity index (χ4n) is 6.05. The molecule has 3 saturated carbocycles. The third kappa shape index (κ3) is 0.907. The third-order valence-electron chi connectivity index (χ3n) is 7.13. The molecular weight excluding hydrogens is 288 g/mol. The average molecular weight is 306 g/mol. The van der Waals surface area contributed by atoms with E-state index in [0.29, 0.717) is 5.57 Å². The van der Waals surface area contributed by atoms with E-state index in [4.69, 9.17) is 9.47 Å². The van der Waals surface area contributed by atoms with Gasteiger partial charge in [-0.25, -0.2) is 4.79 Å². The molecule has 2 heterocycles. The predicted octanol–water partition coefficient (Wildman–Crippen LogP) is -0.428. The second kappa shape index (κ2) is 3.18. The Labute approximate surface area is 127 Å². The van der Waals surface area contributed by atoms with Crippen LogP contribution in [-0.2, 0) is 19.1 Å². The first-order valence-corrected chi connectivity index (χ1v) is 7.70. The van der Waals surface area contributed by atoms with E-state index in [0.717, 1.165) is 0 Å². The summed E-state index contributed by atoms with van der Waals surface area (Å²) in [5.74, 6) is -2.18. The number of ketones is 1. The van der Waals surface area contributed by atoms with Crippen LogP contribution in [0.5, 0.6) is 0 Å². The Morgan fingerprint density at radius 1 is 1.41 bits per heavy atom. The van der Waals surface area contributed by atoms with Gasteiger partial charge in [0.25, 0.3) is 0 Å². The Kier molecular flexibility index (Phi) is 1.91. The molecule has 118 valence electrons. The molecule has 6 heteroatoms. The molecule has 0 radical (unpaired) electrons. The lowest BCUT2D eigenvalue weighted by atomic mass is 9.43. The van der Waals surface area contributed by atoms with Crippen molar-refractivity contribution in [3.05, 3.63) is 12.2 Å². The van der Waals surface area contributed by atoms with Crippen LogP contribution in [0.2, 0.25) is 0 Å². The second-order valence-electron chi connectivity index (χ2n) is 7.77. The minimum absolute atomic E-state index is 0.0884. The van der Waals surface area contributed by atoms with Gasteiger partial charge in [0, 0.05) is 18.3 Å². The Morgan fingerprint density at radius 3 is 2.73 bits per heavy atom. The van der Waals surface area contributed by atoms with Gasteiger partial charge in [0.1, 0.15) is 18.0 Å². The number of aliphatic hydroxyl groups excluding tert-OH is 1.